The minimum Gasteiger partial charge on any atom is -0.484 e. The van der Waals surface area contributed by atoms with Crippen LogP contribution in [0.5, 0.6) is 5.75 Å². The molecule has 0 radical (unpaired) electrons. The van der Waals surface area contributed by atoms with Gasteiger partial charge >= 0.3 is 5.97 Å². The number of nitrogens with zero attached hydrogens (tertiary/aromatic N) is 2. The summed E-state index contributed by atoms with van der Waals surface area (Å²) in [5.74, 6) is 0.477. The van der Waals surface area contributed by atoms with Crippen molar-refractivity contribution in [1.29, 1.82) is 0 Å². The summed E-state index contributed by atoms with van der Waals surface area (Å²) in [7, 11) is 0. The Morgan fingerprint density at radius 2 is 2.00 bits per heavy atom. The van der Waals surface area contributed by atoms with E-state index in [9.17, 15) is 9.59 Å². The number of hydrogen-bond donors (Lipinski definition) is 0. The minimum absolute atomic E-state index is 0.186. The molecule has 1 aliphatic heterocycles. The summed E-state index contributed by atoms with van der Waals surface area (Å²) in [6.07, 6.45) is 1.97. The lowest BCUT2D eigenvalue weighted by Crippen LogP contribution is -2.31. The van der Waals surface area contributed by atoms with Crippen LogP contribution in [0.15, 0.2) is 69.7 Å². The molecule has 0 aliphatic carbocycles. The maximum absolute atomic E-state index is 12.9. The standard InChI is InChI=1S/C23H22N2O5S/c1-15(2)30-23(27)16-7-9-17(10-8-16)29-14-22(26)25-19(20-5-3-11-28-20)13-18(24-25)21-6-4-12-31-21/h3-12,15,19H,13-14H2,1-2H3. The molecule has 1 atom stereocenters. The van der Waals surface area contributed by atoms with E-state index >= 15 is 0 Å². The predicted octanol–water partition coefficient (Wildman–Crippen LogP) is 4.66. The van der Waals surface area contributed by atoms with Crippen molar-refractivity contribution in [1.82, 2.24) is 5.01 Å². The molecule has 1 amide bonds. The van der Waals surface area contributed by atoms with E-state index in [2.05, 4.69) is 5.10 Å². The average molecular weight is 439 g/mol. The summed E-state index contributed by atoms with van der Waals surface area (Å²) < 4.78 is 16.4. The number of hydrazone groups is 1. The molecule has 2 aromatic heterocycles. The zero-order valence-electron chi connectivity index (χ0n) is 17.2. The van der Waals surface area contributed by atoms with Gasteiger partial charge in [0.25, 0.3) is 5.91 Å². The first-order valence-electron chi connectivity index (χ1n) is 9.92. The largest absolute Gasteiger partial charge is 0.484 e. The number of benzene rings is 1. The topological polar surface area (TPSA) is 81.3 Å². The SMILES string of the molecule is CC(C)OC(=O)c1ccc(OCC(=O)N2N=C(c3cccs3)CC2c2ccco2)cc1. The zero-order valence-corrected chi connectivity index (χ0v) is 18.0. The molecule has 4 rings (SSSR count). The number of hydrogen-bond acceptors (Lipinski definition) is 7. The van der Waals surface area contributed by atoms with Crippen LogP contribution < -0.4 is 4.74 Å². The summed E-state index contributed by atoms with van der Waals surface area (Å²) in [5, 5.41) is 7.97. The van der Waals surface area contributed by atoms with Gasteiger partial charge in [-0.2, -0.15) is 5.10 Å². The zero-order chi connectivity index (χ0) is 21.8. The second-order valence-electron chi connectivity index (χ2n) is 7.26. The van der Waals surface area contributed by atoms with E-state index in [4.69, 9.17) is 13.9 Å². The normalized spacial score (nSPS) is 15.8. The van der Waals surface area contributed by atoms with Gasteiger partial charge in [0.2, 0.25) is 0 Å². The number of carbonyl (C=O) groups excluding carboxylic acids is 2. The van der Waals surface area contributed by atoms with Crippen molar-refractivity contribution >= 4 is 28.9 Å². The maximum Gasteiger partial charge on any atom is 0.338 e. The first-order valence-corrected chi connectivity index (χ1v) is 10.8. The molecule has 3 aromatic rings. The molecule has 0 spiro atoms. The minimum atomic E-state index is -0.397. The Bertz CT molecular complexity index is 1060. The molecule has 31 heavy (non-hydrogen) atoms. The third-order valence-corrected chi connectivity index (χ3v) is 5.56. The van der Waals surface area contributed by atoms with Gasteiger partial charge in [0.05, 0.1) is 28.5 Å². The summed E-state index contributed by atoms with van der Waals surface area (Å²) in [5.41, 5.74) is 1.27. The van der Waals surface area contributed by atoms with E-state index in [-0.39, 0.29) is 24.7 Å². The predicted molar refractivity (Wildman–Crippen MR) is 116 cm³/mol. The van der Waals surface area contributed by atoms with Gasteiger partial charge in [-0.3, -0.25) is 4.79 Å². The quantitative estimate of drug-likeness (QED) is 0.501. The van der Waals surface area contributed by atoms with Gasteiger partial charge in [-0.1, -0.05) is 6.07 Å². The molecular weight excluding hydrogens is 416 g/mol. The highest BCUT2D eigenvalue weighted by atomic mass is 32.1. The summed E-state index contributed by atoms with van der Waals surface area (Å²) in [6.45, 7) is 3.40. The van der Waals surface area contributed by atoms with Gasteiger partial charge < -0.3 is 13.9 Å². The molecule has 0 bridgehead atoms. The van der Waals surface area contributed by atoms with Crippen molar-refractivity contribution in [3.8, 4) is 5.75 Å². The summed E-state index contributed by atoms with van der Waals surface area (Å²) in [4.78, 5) is 25.9. The number of rotatable bonds is 7. The molecule has 0 saturated heterocycles. The van der Waals surface area contributed by atoms with Crippen molar-refractivity contribution in [2.24, 2.45) is 5.10 Å². The Kier molecular flexibility index (Phi) is 6.18. The molecule has 1 aromatic carbocycles. The van der Waals surface area contributed by atoms with Gasteiger partial charge in [0.15, 0.2) is 6.61 Å². The van der Waals surface area contributed by atoms with Gasteiger partial charge in [-0.15, -0.1) is 11.3 Å². The summed E-state index contributed by atoms with van der Waals surface area (Å²) >= 11 is 1.58. The monoisotopic (exact) mass is 438 g/mol. The van der Waals surface area contributed by atoms with Crippen molar-refractivity contribution in [3.05, 3.63) is 76.4 Å². The third-order valence-electron chi connectivity index (χ3n) is 4.64. The molecule has 8 heteroatoms. The number of esters is 1. The number of furan rings is 1. The maximum atomic E-state index is 12.9. The smallest absolute Gasteiger partial charge is 0.338 e. The number of carbonyl (C=O) groups is 2. The van der Waals surface area contributed by atoms with Crippen LogP contribution in [0.4, 0.5) is 0 Å². The Morgan fingerprint density at radius 1 is 1.19 bits per heavy atom. The molecular formula is C23H22N2O5S. The van der Waals surface area contributed by atoms with Crippen LogP contribution in [0.1, 0.15) is 47.3 Å². The van der Waals surface area contributed by atoms with E-state index in [1.807, 2.05) is 23.6 Å². The first kappa shape index (κ1) is 20.9. The third kappa shape index (κ3) is 4.86. The van der Waals surface area contributed by atoms with Gasteiger partial charge in [0, 0.05) is 6.42 Å². The molecule has 160 valence electrons. The van der Waals surface area contributed by atoms with Crippen molar-refractivity contribution < 1.29 is 23.5 Å². The molecule has 3 heterocycles. The fraction of sp³-hybridized carbons (Fsp3) is 0.261. The molecule has 1 aliphatic rings. The Labute approximate surface area is 183 Å². The number of ether oxygens (including phenoxy) is 2. The first-order chi connectivity index (χ1) is 15.0. The van der Waals surface area contributed by atoms with Crippen LogP contribution in [0, 0.1) is 0 Å². The highest BCUT2D eigenvalue weighted by molar-refractivity contribution is 7.12. The van der Waals surface area contributed by atoms with E-state index in [0.717, 1.165) is 10.6 Å². The molecule has 1 unspecified atom stereocenters. The highest BCUT2D eigenvalue weighted by Gasteiger charge is 2.35. The van der Waals surface area contributed by atoms with Crippen molar-refractivity contribution in [2.45, 2.75) is 32.4 Å². The molecule has 0 fully saturated rings. The van der Waals surface area contributed by atoms with Gasteiger partial charge in [-0.05, 0) is 61.7 Å². The fourth-order valence-corrected chi connectivity index (χ4v) is 3.94. The van der Waals surface area contributed by atoms with Crippen LogP contribution >= 0.6 is 11.3 Å². The number of thiophene rings is 1. The fourth-order valence-electron chi connectivity index (χ4n) is 3.21. The van der Waals surface area contributed by atoms with Crippen LogP contribution in [-0.2, 0) is 9.53 Å². The van der Waals surface area contributed by atoms with Crippen molar-refractivity contribution in [2.75, 3.05) is 6.61 Å². The van der Waals surface area contributed by atoms with Gasteiger partial charge in [-0.25, -0.2) is 9.80 Å². The van der Waals surface area contributed by atoms with E-state index in [0.29, 0.717) is 23.5 Å². The highest BCUT2D eigenvalue weighted by Crippen LogP contribution is 2.34. The lowest BCUT2D eigenvalue weighted by atomic mass is 10.1. The second-order valence-corrected chi connectivity index (χ2v) is 8.21. The second kappa shape index (κ2) is 9.18. The average Bonchev–Trinajstić information content (AvgIpc) is 3.52. The molecule has 0 saturated carbocycles. The Hall–Kier alpha value is -3.39. The van der Waals surface area contributed by atoms with Crippen molar-refractivity contribution in [3.63, 3.8) is 0 Å². The summed E-state index contributed by atoms with van der Waals surface area (Å²) in [6, 6.07) is 13.8. The molecule has 7 nitrogen and oxygen atoms in total. The Morgan fingerprint density at radius 3 is 2.65 bits per heavy atom. The van der Waals surface area contributed by atoms with Crippen LogP contribution in [0.2, 0.25) is 0 Å². The Balaban J connectivity index is 1.43. The lowest BCUT2D eigenvalue weighted by molar-refractivity contribution is -0.135. The van der Waals surface area contributed by atoms with E-state index in [1.54, 1.807) is 61.8 Å². The van der Waals surface area contributed by atoms with Gasteiger partial charge in [0.1, 0.15) is 17.6 Å². The van der Waals surface area contributed by atoms with Crippen LogP contribution in [-0.4, -0.2) is 35.3 Å². The lowest BCUT2D eigenvalue weighted by Gasteiger charge is -2.20. The number of amides is 1. The van der Waals surface area contributed by atoms with Crippen LogP contribution in [0.25, 0.3) is 0 Å². The van der Waals surface area contributed by atoms with E-state index in [1.165, 1.54) is 5.01 Å². The molecule has 0 N–H and O–H groups in total. The van der Waals surface area contributed by atoms with E-state index < -0.39 is 5.97 Å². The van der Waals surface area contributed by atoms with Crippen LogP contribution in [0.3, 0.4) is 0 Å².